The van der Waals surface area contributed by atoms with E-state index >= 15 is 0 Å². The highest BCUT2D eigenvalue weighted by Gasteiger charge is 2.16. The molecule has 0 aliphatic rings. The minimum absolute atomic E-state index is 0.354. The summed E-state index contributed by atoms with van der Waals surface area (Å²) in [6.07, 6.45) is 1.61. The summed E-state index contributed by atoms with van der Waals surface area (Å²) >= 11 is 0. The molecule has 0 unspecified atom stereocenters. The molecular weight excluding hydrogens is 276 g/mol. The second-order valence-corrected chi connectivity index (χ2v) is 6.22. The third kappa shape index (κ3) is 5.58. The second kappa shape index (κ2) is 9.07. The molecular formula is C14H24N2O3S. The van der Waals surface area contributed by atoms with Gasteiger partial charge in [-0.1, -0.05) is 25.1 Å². The molecule has 2 N–H and O–H groups in total. The first-order chi connectivity index (χ1) is 9.61. The van der Waals surface area contributed by atoms with Crippen molar-refractivity contribution in [1.82, 2.24) is 10.0 Å². The number of hydrogen-bond acceptors (Lipinski definition) is 4. The topological polar surface area (TPSA) is 67.4 Å². The van der Waals surface area contributed by atoms with Gasteiger partial charge in [0.25, 0.3) is 0 Å². The highest BCUT2D eigenvalue weighted by atomic mass is 32.2. The Bertz CT molecular complexity index is 489. The van der Waals surface area contributed by atoms with Gasteiger partial charge in [-0.3, -0.25) is 0 Å². The Morgan fingerprint density at radius 2 is 1.95 bits per heavy atom. The van der Waals surface area contributed by atoms with Crippen molar-refractivity contribution in [3.63, 3.8) is 0 Å². The van der Waals surface area contributed by atoms with Gasteiger partial charge in [0.2, 0.25) is 10.0 Å². The molecule has 6 heteroatoms. The molecule has 0 aliphatic heterocycles. The minimum atomic E-state index is -3.44. The number of nitrogens with one attached hydrogen (secondary N) is 2. The summed E-state index contributed by atoms with van der Waals surface area (Å²) < 4.78 is 32.1. The Kier molecular flexibility index (Phi) is 7.76. The average Bonchev–Trinajstić information content (AvgIpc) is 2.45. The van der Waals surface area contributed by atoms with Crippen LogP contribution < -0.4 is 10.0 Å². The van der Waals surface area contributed by atoms with E-state index in [0.717, 1.165) is 24.9 Å². The van der Waals surface area contributed by atoms with Crippen LogP contribution in [0.25, 0.3) is 0 Å². The van der Waals surface area contributed by atoms with Crippen molar-refractivity contribution in [2.24, 2.45) is 0 Å². The van der Waals surface area contributed by atoms with Crippen molar-refractivity contribution in [3.8, 4) is 0 Å². The van der Waals surface area contributed by atoms with Crippen molar-refractivity contribution in [1.29, 1.82) is 0 Å². The van der Waals surface area contributed by atoms with Crippen molar-refractivity contribution >= 4 is 10.0 Å². The van der Waals surface area contributed by atoms with Gasteiger partial charge in [-0.15, -0.1) is 0 Å². The highest BCUT2D eigenvalue weighted by Crippen LogP contribution is 2.15. The van der Waals surface area contributed by atoms with Crippen molar-refractivity contribution in [3.05, 3.63) is 29.8 Å². The van der Waals surface area contributed by atoms with Crippen LogP contribution >= 0.6 is 0 Å². The normalized spacial score (nSPS) is 11.7. The Morgan fingerprint density at radius 3 is 2.65 bits per heavy atom. The standard InChI is InChI=1S/C14H24N2O3S/c1-3-15-12-13-8-4-5-9-14(13)20(17,18)16-10-6-7-11-19-2/h4-5,8-9,15-16H,3,6-7,10-12H2,1-2H3. The fourth-order valence-corrected chi connectivity index (χ4v) is 3.14. The molecule has 1 rings (SSSR count). The van der Waals surface area contributed by atoms with Crippen LogP contribution in [0.15, 0.2) is 29.2 Å². The lowest BCUT2D eigenvalue weighted by Gasteiger charge is -2.11. The summed E-state index contributed by atoms with van der Waals surface area (Å²) in [5, 5.41) is 3.15. The van der Waals surface area contributed by atoms with E-state index in [2.05, 4.69) is 10.0 Å². The Labute approximate surface area is 121 Å². The Morgan fingerprint density at radius 1 is 1.20 bits per heavy atom. The number of sulfonamides is 1. The molecule has 0 radical (unpaired) electrons. The number of hydrogen-bond donors (Lipinski definition) is 2. The van der Waals surface area contributed by atoms with Crippen molar-refractivity contribution in [2.45, 2.75) is 31.2 Å². The maximum Gasteiger partial charge on any atom is 0.240 e. The predicted octanol–water partition coefficient (Wildman–Crippen LogP) is 1.50. The van der Waals surface area contributed by atoms with Crippen molar-refractivity contribution < 1.29 is 13.2 Å². The van der Waals surface area contributed by atoms with Crippen LogP contribution in [0.3, 0.4) is 0 Å². The lowest BCUT2D eigenvalue weighted by molar-refractivity contribution is 0.193. The van der Waals surface area contributed by atoms with Gasteiger partial charge in [0.05, 0.1) is 4.90 Å². The summed E-state index contributed by atoms with van der Waals surface area (Å²) in [6.45, 7) is 4.43. The highest BCUT2D eigenvalue weighted by molar-refractivity contribution is 7.89. The van der Waals surface area contributed by atoms with Crippen LogP contribution in [0.1, 0.15) is 25.3 Å². The van der Waals surface area contributed by atoms with Gasteiger partial charge in [-0.2, -0.15) is 0 Å². The van der Waals surface area contributed by atoms with E-state index in [9.17, 15) is 8.42 Å². The van der Waals surface area contributed by atoms with Gasteiger partial charge in [0.15, 0.2) is 0 Å². The molecule has 0 heterocycles. The van der Waals surface area contributed by atoms with Gasteiger partial charge < -0.3 is 10.1 Å². The number of rotatable bonds is 10. The van der Waals surface area contributed by atoms with Crippen LogP contribution in [0.4, 0.5) is 0 Å². The quantitative estimate of drug-likeness (QED) is 0.643. The van der Waals surface area contributed by atoms with Gasteiger partial charge in [-0.25, -0.2) is 13.1 Å². The molecule has 20 heavy (non-hydrogen) atoms. The predicted molar refractivity (Wildman–Crippen MR) is 80.1 cm³/mol. The molecule has 0 spiro atoms. The van der Waals surface area contributed by atoms with Crippen LogP contribution in [-0.4, -0.2) is 35.2 Å². The maximum absolute atomic E-state index is 12.3. The lowest BCUT2D eigenvalue weighted by Crippen LogP contribution is -2.27. The zero-order valence-electron chi connectivity index (χ0n) is 12.2. The first kappa shape index (κ1) is 17.1. The molecule has 0 saturated carbocycles. The largest absolute Gasteiger partial charge is 0.385 e. The van der Waals surface area contributed by atoms with E-state index in [1.54, 1.807) is 19.2 Å². The molecule has 0 amide bonds. The number of unbranched alkanes of at least 4 members (excludes halogenated alkanes) is 1. The van der Waals surface area contributed by atoms with Gasteiger partial charge in [0.1, 0.15) is 0 Å². The molecule has 0 aliphatic carbocycles. The monoisotopic (exact) mass is 300 g/mol. The van der Waals surface area contributed by atoms with E-state index < -0.39 is 10.0 Å². The molecule has 5 nitrogen and oxygen atoms in total. The summed E-state index contributed by atoms with van der Waals surface area (Å²) in [7, 11) is -1.80. The van der Waals surface area contributed by atoms with E-state index in [4.69, 9.17) is 4.74 Å². The van der Waals surface area contributed by atoms with Crippen LogP contribution in [0.5, 0.6) is 0 Å². The molecule has 1 aromatic rings. The molecule has 0 atom stereocenters. The molecule has 0 bridgehead atoms. The van der Waals surface area contributed by atoms with Crippen LogP contribution in [0.2, 0.25) is 0 Å². The van der Waals surface area contributed by atoms with E-state index in [1.165, 1.54) is 0 Å². The summed E-state index contributed by atoms with van der Waals surface area (Å²) in [4.78, 5) is 0.354. The second-order valence-electron chi connectivity index (χ2n) is 4.49. The number of benzene rings is 1. The number of methoxy groups -OCH3 is 1. The smallest absolute Gasteiger partial charge is 0.240 e. The molecule has 0 saturated heterocycles. The average molecular weight is 300 g/mol. The van der Waals surface area contributed by atoms with Crippen LogP contribution in [0, 0.1) is 0 Å². The molecule has 114 valence electrons. The molecule has 0 fully saturated rings. The minimum Gasteiger partial charge on any atom is -0.385 e. The maximum atomic E-state index is 12.3. The Hall–Kier alpha value is -0.950. The van der Waals surface area contributed by atoms with E-state index in [1.807, 2.05) is 19.1 Å². The van der Waals surface area contributed by atoms with E-state index in [-0.39, 0.29) is 0 Å². The Balaban J connectivity index is 2.66. The third-order valence-corrected chi connectivity index (χ3v) is 4.46. The first-order valence-corrected chi connectivity index (χ1v) is 8.37. The lowest BCUT2D eigenvalue weighted by atomic mass is 10.2. The zero-order valence-corrected chi connectivity index (χ0v) is 13.0. The van der Waals surface area contributed by atoms with Gasteiger partial charge >= 0.3 is 0 Å². The molecule has 0 aromatic heterocycles. The SMILES string of the molecule is CCNCc1ccccc1S(=O)(=O)NCCCCOC. The third-order valence-electron chi connectivity index (χ3n) is 2.89. The molecule has 1 aromatic carbocycles. The van der Waals surface area contributed by atoms with Crippen molar-refractivity contribution in [2.75, 3.05) is 26.8 Å². The zero-order chi connectivity index (χ0) is 14.8. The summed E-state index contributed by atoms with van der Waals surface area (Å²) in [6, 6.07) is 7.07. The summed E-state index contributed by atoms with van der Waals surface area (Å²) in [5.41, 5.74) is 0.791. The van der Waals surface area contributed by atoms with E-state index in [0.29, 0.717) is 24.6 Å². The van der Waals surface area contributed by atoms with Gasteiger partial charge in [-0.05, 0) is 31.0 Å². The summed E-state index contributed by atoms with van der Waals surface area (Å²) in [5.74, 6) is 0. The fraction of sp³-hybridized carbons (Fsp3) is 0.571. The fourth-order valence-electron chi connectivity index (χ4n) is 1.83. The number of ether oxygens (including phenoxy) is 1. The first-order valence-electron chi connectivity index (χ1n) is 6.89. The van der Waals surface area contributed by atoms with Gasteiger partial charge in [0, 0.05) is 26.8 Å². The van der Waals surface area contributed by atoms with Crippen LogP contribution in [-0.2, 0) is 21.3 Å².